The lowest BCUT2D eigenvalue weighted by atomic mass is 10.0. The molecule has 0 aliphatic carbocycles. The van der Waals surface area contributed by atoms with Gasteiger partial charge in [-0.05, 0) is 29.0 Å². The molecule has 138 valence electrons. The number of carbonyl (C=O) groups excluding carboxylic acids is 1. The average molecular weight is 371 g/mol. The molecule has 0 N–H and O–H groups in total. The Morgan fingerprint density at radius 3 is 2.77 bits per heavy atom. The van der Waals surface area contributed by atoms with Crippen molar-refractivity contribution in [3.8, 4) is 0 Å². The van der Waals surface area contributed by atoms with E-state index < -0.39 is 0 Å². The molecule has 0 radical (unpaired) electrons. The highest BCUT2D eigenvalue weighted by atomic mass is 32.2. The van der Waals surface area contributed by atoms with Gasteiger partial charge in [0.05, 0.1) is 19.3 Å². The first-order valence-electron chi connectivity index (χ1n) is 9.49. The van der Waals surface area contributed by atoms with E-state index in [2.05, 4.69) is 28.0 Å². The number of rotatable bonds is 3. The van der Waals surface area contributed by atoms with E-state index in [1.165, 1.54) is 0 Å². The number of nitrogens with zero attached hydrogens (tertiary/aromatic N) is 2. The summed E-state index contributed by atoms with van der Waals surface area (Å²) in [5, 5.41) is 2.19. The fourth-order valence-electron chi connectivity index (χ4n) is 3.90. The number of amides is 1. The summed E-state index contributed by atoms with van der Waals surface area (Å²) in [7, 11) is 0. The molecule has 1 amide bonds. The van der Waals surface area contributed by atoms with Crippen molar-refractivity contribution in [3.05, 3.63) is 48.0 Å². The molecule has 2 aliphatic heterocycles. The molecule has 2 fully saturated rings. The zero-order valence-corrected chi connectivity index (χ0v) is 15.9. The van der Waals surface area contributed by atoms with Crippen LogP contribution in [0.3, 0.4) is 0 Å². The van der Waals surface area contributed by atoms with Crippen molar-refractivity contribution in [1.29, 1.82) is 0 Å². The van der Waals surface area contributed by atoms with Crippen LogP contribution >= 0.6 is 11.8 Å². The molecule has 26 heavy (non-hydrogen) atoms. The number of carbonyl (C=O) groups is 1. The maximum atomic E-state index is 13.5. The van der Waals surface area contributed by atoms with Crippen LogP contribution in [0.2, 0.25) is 0 Å². The van der Waals surface area contributed by atoms with E-state index in [0.717, 1.165) is 73.7 Å². The molecule has 1 atom stereocenters. The van der Waals surface area contributed by atoms with E-state index in [1.807, 2.05) is 36.0 Å². The van der Waals surface area contributed by atoms with Crippen LogP contribution in [0.4, 0.5) is 0 Å². The second-order valence-electron chi connectivity index (χ2n) is 7.02. The lowest BCUT2D eigenvalue weighted by molar-refractivity contribution is 0.0245. The summed E-state index contributed by atoms with van der Waals surface area (Å²) >= 11 is 1.98. The average Bonchev–Trinajstić information content (AvgIpc) is 2.93. The summed E-state index contributed by atoms with van der Waals surface area (Å²) in [6, 6.07) is 14.5. The molecule has 2 aromatic carbocycles. The quantitative estimate of drug-likeness (QED) is 0.831. The van der Waals surface area contributed by atoms with E-state index in [9.17, 15) is 4.79 Å². The third kappa shape index (κ3) is 3.90. The molecule has 4 nitrogen and oxygen atoms in total. The van der Waals surface area contributed by atoms with Crippen molar-refractivity contribution in [3.63, 3.8) is 0 Å². The SMILES string of the molecule is O=C(c1cccc2ccccc12)N1CCCSCC1CN1CCOCC1. The summed E-state index contributed by atoms with van der Waals surface area (Å²) in [4.78, 5) is 18.1. The van der Waals surface area contributed by atoms with Gasteiger partial charge in [-0.15, -0.1) is 0 Å². The molecule has 2 aliphatic rings. The Kier molecular flexibility index (Phi) is 5.78. The molecule has 1 unspecified atom stereocenters. The van der Waals surface area contributed by atoms with E-state index in [-0.39, 0.29) is 11.9 Å². The third-order valence-corrected chi connectivity index (χ3v) is 6.49. The molecule has 0 bridgehead atoms. The summed E-state index contributed by atoms with van der Waals surface area (Å²) < 4.78 is 5.48. The van der Waals surface area contributed by atoms with Gasteiger partial charge in [0.25, 0.3) is 5.91 Å². The molecule has 2 saturated heterocycles. The first kappa shape index (κ1) is 17.8. The molecule has 5 heteroatoms. The van der Waals surface area contributed by atoms with Gasteiger partial charge in [-0.2, -0.15) is 11.8 Å². The van der Waals surface area contributed by atoms with Crippen LogP contribution in [0.25, 0.3) is 10.8 Å². The van der Waals surface area contributed by atoms with Crippen LogP contribution in [0.15, 0.2) is 42.5 Å². The topological polar surface area (TPSA) is 32.8 Å². The monoisotopic (exact) mass is 370 g/mol. The van der Waals surface area contributed by atoms with Gasteiger partial charge < -0.3 is 9.64 Å². The Bertz CT molecular complexity index is 755. The smallest absolute Gasteiger partial charge is 0.254 e. The zero-order chi connectivity index (χ0) is 17.8. The minimum Gasteiger partial charge on any atom is -0.379 e. The molecule has 0 spiro atoms. The van der Waals surface area contributed by atoms with Gasteiger partial charge >= 0.3 is 0 Å². The second kappa shape index (κ2) is 8.42. The maximum Gasteiger partial charge on any atom is 0.254 e. The van der Waals surface area contributed by atoms with Crippen molar-refractivity contribution < 1.29 is 9.53 Å². The summed E-state index contributed by atoms with van der Waals surface area (Å²) in [5.41, 5.74) is 0.835. The Balaban J connectivity index is 1.60. The molecule has 2 heterocycles. The Morgan fingerprint density at radius 2 is 1.88 bits per heavy atom. The number of ether oxygens (including phenoxy) is 1. The zero-order valence-electron chi connectivity index (χ0n) is 15.1. The number of thioether (sulfide) groups is 1. The Morgan fingerprint density at radius 1 is 1.08 bits per heavy atom. The minimum atomic E-state index is 0.183. The summed E-state index contributed by atoms with van der Waals surface area (Å²) in [6.45, 7) is 5.35. The van der Waals surface area contributed by atoms with Gasteiger partial charge in [-0.3, -0.25) is 9.69 Å². The first-order valence-corrected chi connectivity index (χ1v) is 10.6. The third-order valence-electron chi connectivity index (χ3n) is 5.29. The lowest BCUT2D eigenvalue weighted by Gasteiger charge is -2.36. The molecule has 4 rings (SSSR count). The van der Waals surface area contributed by atoms with Crippen molar-refractivity contribution in [1.82, 2.24) is 9.80 Å². The van der Waals surface area contributed by atoms with Crippen LogP contribution in [0.1, 0.15) is 16.8 Å². The second-order valence-corrected chi connectivity index (χ2v) is 8.17. The van der Waals surface area contributed by atoms with E-state index in [1.54, 1.807) is 0 Å². The van der Waals surface area contributed by atoms with Crippen molar-refractivity contribution in [2.24, 2.45) is 0 Å². The molecular weight excluding hydrogens is 344 g/mol. The standard InChI is InChI=1S/C21H26N2O2S/c24-21(20-8-3-6-17-5-1-2-7-19(17)20)23-9-4-14-26-16-18(23)15-22-10-12-25-13-11-22/h1-3,5-8,18H,4,9-16H2. The number of benzene rings is 2. The van der Waals surface area contributed by atoms with Crippen molar-refractivity contribution >= 4 is 28.4 Å². The van der Waals surface area contributed by atoms with E-state index in [4.69, 9.17) is 4.74 Å². The van der Waals surface area contributed by atoms with E-state index in [0.29, 0.717) is 0 Å². The largest absolute Gasteiger partial charge is 0.379 e. The highest BCUT2D eigenvalue weighted by Gasteiger charge is 2.29. The normalized spacial score (nSPS) is 22.3. The first-order chi connectivity index (χ1) is 12.8. The number of hydrogen-bond acceptors (Lipinski definition) is 4. The van der Waals surface area contributed by atoms with Crippen LogP contribution in [-0.2, 0) is 4.74 Å². The fraction of sp³-hybridized carbons (Fsp3) is 0.476. The summed E-state index contributed by atoms with van der Waals surface area (Å²) in [6.07, 6.45) is 1.07. The predicted octanol–water partition coefficient (Wildman–Crippen LogP) is 3.12. The highest BCUT2D eigenvalue weighted by molar-refractivity contribution is 7.99. The van der Waals surface area contributed by atoms with E-state index >= 15 is 0 Å². The van der Waals surface area contributed by atoms with Gasteiger partial charge in [0.2, 0.25) is 0 Å². The van der Waals surface area contributed by atoms with Crippen molar-refractivity contribution in [2.45, 2.75) is 12.5 Å². The number of fused-ring (bicyclic) bond motifs is 1. The van der Waals surface area contributed by atoms with Gasteiger partial charge in [-0.1, -0.05) is 36.4 Å². The van der Waals surface area contributed by atoms with Crippen LogP contribution in [0.5, 0.6) is 0 Å². The minimum absolute atomic E-state index is 0.183. The van der Waals surface area contributed by atoms with Gasteiger partial charge in [0.1, 0.15) is 0 Å². The maximum absolute atomic E-state index is 13.5. The predicted molar refractivity (Wildman–Crippen MR) is 108 cm³/mol. The van der Waals surface area contributed by atoms with Crippen molar-refractivity contribution in [2.75, 3.05) is 50.9 Å². The molecule has 0 aromatic heterocycles. The molecule has 0 saturated carbocycles. The highest BCUT2D eigenvalue weighted by Crippen LogP contribution is 2.24. The number of morpholine rings is 1. The van der Waals surface area contributed by atoms with Gasteiger partial charge in [0.15, 0.2) is 0 Å². The Labute approximate surface area is 159 Å². The molecular formula is C21H26N2O2S. The van der Waals surface area contributed by atoms with Crippen LogP contribution < -0.4 is 0 Å². The number of hydrogen-bond donors (Lipinski definition) is 0. The van der Waals surface area contributed by atoms with Crippen LogP contribution in [-0.4, -0.2) is 72.6 Å². The lowest BCUT2D eigenvalue weighted by Crippen LogP contribution is -2.50. The molecule has 2 aromatic rings. The van der Waals surface area contributed by atoms with Gasteiger partial charge in [0, 0.05) is 37.5 Å². The van der Waals surface area contributed by atoms with Gasteiger partial charge in [-0.25, -0.2) is 0 Å². The Hall–Kier alpha value is -1.56. The summed E-state index contributed by atoms with van der Waals surface area (Å²) in [5.74, 6) is 2.34. The fourth-order valence-corrected chi connectivity index (χ4v) is 4.95. The van der Waals surface area contributed by atoms with Crippen LogP contribution in [0, 0.1) is 0 Å².